The summed E-state index contributed by atoms with van der Waals surface area (Å²) in [5.74, 6) is 0. The van der Waals surface area contributed by atoms with Crippen molar-refractivity contribution in [3.63, 3.8) is 0 Å². The molecule has 4 heteroatoms. The first kappa shape index (κ1) is 14.0. The number of rotatable bonds is 5. The number of nitrogens with two attached hydrogens (primary N) is 1. The molecule has 0 aliphatic rings. The Hall–Kier alpha value is -1.39. The zero-order valence-electron chi connectivity index (χ0n) is 11.2. The highest BCUT2D eigenvalue weighted by molar-refractivity contribution is 7.80. The standard InChI is InChI=1S/C15H18N2S2/c1-3-13-8-9-14(19-13)10-17(2)12-6-4-11(5-7-12)15(16)18/h4-9H,3,10H2,1-2H3,(H2,16,18). The minimum absolute atomic E-state index is 0.444. The lowest BCUT2D eigenvalue weighted by Crippen LogP contribution is -2.16. The van der Waals surface area contributed by atoms with Crippen molar-refractivity contribution < 1.29 is 0 Å². The lowest BCUT2D eigenvalue weighted by atomic mass is 10.2. The SMILES string of the molecule is CCc1ccc(CN(C)c2ccc(C(N)=S)cc2)s1. The maximum atomic E-state index is 5.60. The van der Waals surface area contributed by atoms with Crippen LogP contribution in [0.25, 0.3) is 0 Å². The molecule has 0 saturated heterocycles. The fourth-order valence-electron chi connectivity index (χ4n) is 1.90. The first-order chi connectivity index (χ1) is 9.10. The molecular weight excluding hydrogens is 272 g/mol. The molecule has 100 valence electrons. The molecule has 1 aromatic heterocycles. The molecule has 1 heterocycles. The topological polar surface area (TPSA) is 29.3 Å². The Labute approximate surface area is 123 Å². The van der Waals surface area contributed by atoms with Crippen LogP contribution in [0.15, 0.2) is 36.4 Å². The highest BCUT2D eigenvalue weighted by atomic mass is 32.1. The van der Waals surface area contributed by atoms with Crippen LogP contribution in [0.4, 0.5) is 5.69 Å². The largest absolute Gasteiger partial charge is 0.389 e. The van der Waals surface area contributed by atoms with E-state index in [2.05, 4.69) is 43.1 Å². The lowest BCUT2D eigenvalue weighted by Gasteiger charge is -2.18. The van der Waals surface area contributed by atoms with Crippen molar-refractivity contribution in [1.82, 2.24) is 0 Å². The molecule has 0 amide bonds. The molecule has 0 radical (unpaired) electrons. The summed E-state index contributed by atoms with van der Waals surface area (Å²) < 4.78 is 0. The van der Waals surface area contributed by atoms with E-state index >= 15 is 0 Å². The minimum atomic E-state index is 0.444. The van der Waals surface area contributed by atoms with Crippen molar-refractivity contribution in [3.8, 4) is 0 Å². The Balaban J connectivity index is 2.06. The Morgan fingerprint density at radius 3 is 2.32 bits per heavy atom. The molecule has 0 unspecified atom stereocenters. The quantitative estimate of drug-likeness (QED) is 0.853. The van der Waals surface area contributed by atoms with E-state index in [0.29, 0.717) is 4.99 Å². The van der Waals surface area contributed by atoms with E-state index in [-0.39, 0.29) is 0 Å². The zero-order chi connectivity index (χ0) is 13.8. The van der Waals surface area contributed by atoms with Crippen LogP contribution < -0.4 is 10.6 Å². The van der Waals surface area contributed by atoms with Gasteiger partial charge in [0.1, 0.15) is 4.99 Å². The summed E-state index contributed by atoms with van der Waals surface area (Å²) in [5.41, 5.74) is 7.69. The third-order valence-corrected chi connectivity index (χ3v) is 4.50. The van der Waals surface area contributed by atoms with Gasteiger partial charge in [-0.15, -0.1) is 11.3 Å². The van der Waals surface area contributed by atoms with Crippen LogP contribution in [0.2, 0.25) is 0 Å². The van der Waals surface area contributed by atoms with Gasteiger partial charge in [0, 0.05) is 28.1 Å². The molecule has 0 atom stereocenters. The van der Waals surface area contributed by atoms with Crippen molar-refractivity contribution >= 4 is 34.2 Å². The van der Waals surface area contributed by atoms with E-state index in [1.807, 2.05) is 23.5 Å². The van der Waals surface area contributed by atoms with Crippen LogP contribution >= 0.6 is 23.6 Å². The predicted octanol–water partition coefficient (Wildman–Crippen LogP) is 3.58. The first-order valence-electron chi connectivity index (χ1n) is 6.28. The van der Waals surface area contributed by atoms with Crippen molar-refractivity contribution in [1.29, 1.82) is 0 Å². The van der Waals surface area contributed by atoms with Gasteiger partial charge in [0.2, 0.25) is 0 Å². The summed E-state index contributed by atoms with van der Waals surface area (Å²) in [6, 6.07) is 12.5. The van der Waals surface area contributed by atoms with Gasteiger partial charge < -0.3 is 10.6 Å². The Kier molecular flexibility index (Phi) is 4.56. The van der Waals surface area contributed by atoms with Crippen molar-refractivity contribution in [2.45, 2.75) is 19.9 Å². The van der Waals surface area contributed by atoms with Gasteiger partial charge in [0.05, 0.1) is 6.54 Å². The normalized spacial score (nSPS) is 10.4. The van der Waals surface area contributed by atoms with E-state index < -0.39 is 0 Å². The van der Waals surface area contributed by atoms with Crippen LogP contribution in [0.3, 0.4) is 0 Å². The number of nitrogens with zero attached hydrogens (tertiary/aromatic N) is 1. The second-order valence-electron chi connectivity index (χ2n) is 4.49. The van der Waals surface area contributed by atoms with Crippen LogP contribution in [0.5, 0.6) is 0 Å². The van der Waals surface area contributed by atoms with E-state index in [9.17, 15) is 0 Å². The summed E-state index contributed by atoms with van der Waals surface area (Å²) in [5, 5.41) is 0. The van der Waals surface area contributed by atoms with Gasteiger partial charge in [0.25, 0.3) is 0 Å². The molecule has 0 aliphatic carbocycles. The molecule has 2 N–H and O–H groups in total. The maximum absolute atomic E-state index is 5.60. The molecule has 0 bridgehead atoms. The Morgan fingerprint density at radius 2 is 1.79 bits per heavy atom. The monoisotopic (exact) mass is 290 g/mol. The summed E-state index contributed by atoms with van der Waals surface area (Å²) in [6.45, 7) is 3.12. The van der Waals surface area contributed by atoms with Crippen molar-refractivity contribution in [3.05, 3.63) is 51.7 Å². The number of thiophene rings is 1. The van der Waals surface area contributed by atoms with E-state index in [4.69, 9.17) is 18.0 Å². The fourth-order valence-corrected chi connectivity index (χ4v) is 3.05. The van der Waals surface area contributed by atoms with E-state index in [1.165, 1.54) is 15.4 Å². The van der Waals surface area contributed by atoms with E-state index in [1.54, 1.807) is 0 Å². The van der Waals surface area contributed by atoms with Crippen LogP contribution in [-0.4, -0.2) is 12.0 Å². The molecule has 2 aromatic rings. The average Bonchev–Trinajstić information content (AvgIpc) is 2.86. The smallest absolute Gasteiger partial charge is 0.103 e. The van der Waals surface area contributed by atoms with Crippen LogP contribution in [0.1, 0.15) is 22.2 Å². The number of benzene rings is 1. The van der Waals surface area contributed by atoms with Crippen molar-refractivity contribution in [2.75, 3.05) is 11.9 Å². The Bertz CT molecular complexity index is 558. The molecule has 2 nitrogen and oxygen atoms in total. The minimum Gasteiger partial charge on any atom is -0.389 e. The summed E-state index contributed by atoms with van der Waals surface area (Å²) in [7, 11) is 2.10. The molecule has 0 aliphatic heterocycles. The molecular formula is C15H18N2S2. The molecule has 0 fully saturated rings. The Morgan fingerprint density at radius 1 is 1.16 bits per heavy atom. The summed E-state index contributed by atoms with van der Waals surface area (Å²) in [6.07, 6.45) is 1.11. The van der Waals surface area contributed by atoms with Gasteiger partial charge in [-0.25, -0.2) is 0 Å². The third kappa shape index (κ3) is 3.55. The predicted molar refractivity (Wildman–Crippen MR) is 88.1 cm³/mol. The first-order valence-corrected chi connectivity index (χ1v) is 7.51. The zero-order valence-corrected chi connectivity index (χ0v) is 12.9. The van der Waals surface area contributed by atoms with Crippen LogP contribution in [-0.2, 0) is 13.0 Å². The van der Waals surface area contributed by atoms with Gasteiger partial charge >= 0.3 is 0 Å². The highest BCUT2D eigenvalue weighted by Crippen LogP contribution is 2.21. The maximum Gasteiger partial charge on any atom is 0.103 e. The molecule has 2 rings (SSSR count). The second-order valence-corrected chi connectivity index (χ2v) is 6.18. The summed E-state index contributed by atoms with van der Waals surface area (Å²) in [4.78, 5) is 5.50. The average molecular weight is 290 g/mol. The number of hydrogen-bond donors (Lipinski definition) is 1. The van der Waals surface area contributed by atoms with E-state index in [0.717, 1.165) is 18.5 Å². The fraction of sp³-hybridized carbons (Fsp3) is 0.267. The highest BCUT2D eigenvalue weighted by Gasteiger charge is 2.05. The van der Waals surface area contributed by atoms with Crippen LogP contribution in [0, 0.1) is 0 Å². The number of thiocarbonyl (C=S) groups is 1. The van der Waals surface area contributed by atoms with Crippen molar-refractivity contribution in [2.24, 2.45) is 5.73 Å². The van der Waals surface area contributed by atoms with Gasteiger partial charge in [-0.3, -0.25) is 0 Å². The van der Waals surface area contributed by atoms with Gasteiger partial charge in [-0.05, 0) is 42.8 Å². The van der Waals surface area contributed by atoms with Gasteiger partial charge in [-0.1, -0.05) is 19.1 Å². The number of anilines is 1. The second kappa shape index (κ2) is 6.17. The molecule has 0 saturated carbocycles. The lowest BCUT2D eigenvalue weighted by molar-refractivity contribution is 0.940. The van der Waals surface area contributed by atoms with Gasteiger partial charge in [0.15, 0.2) is 0 Å². The molecule has 0 spiro atoms. The molecule has 19 heavy (non-hydrogen) atoms. The third-order valence-electron chi connectivity index (χ3n) is 3.05. The summed E-state index contributed by atoms with van der Waals surface area (Å²) >= 11 is 6.84. The molecule has 1 aromatic carbocycles. The van der Waals surface area contributed by atoms with Gasteiger partial charge in [-0.2, -0.15) is 0 Å². The number of hydrogen-bond acceptors (Lipinski definition) is 3. The number of aryl methyl sites for hydroxylation is 1.